The van der Waals surface area contributed by atoms with E-state index in [1.165, 1.54) is 0 Å². The Balaban J connectivity index is 3.10. The molecule has 0 saturated carbocycles. The van der Waals surface area contributed by atoms with E-state index < -0.39 is 5.97 Å². The molecule has 0 spiro atoms. The highest BCUT2D eigenvalue weighted by molar-refractivity contribution is 5.88. The van der Waals surface area contributed by atoms with Gasteiger partial charge in [0, 0.05) is 24.3 Å². The molecule has 0 aromatic carbocycles. The predicted molar refractivity (Wildman–Crippen MR) is 74.9 cm³/mol. The number of hydrogen-bond acceptors (Lipinski definition) is 4. The van der Waals surface area contributed by atoms with Gasteiger partial charge in [0.15, 0.2) is 0 Å². The van der Waals surface area contributed by atoms with Crippen LogP contribution in [0, 0.1) is 0 Å². The summed E-state index contributed by atoms with van der Waals surface area (Å²) in [7, 11) is 1.62. The van der Waals surface area contributed by atoms with Crippen LogP contribution in [0.2, 0.25) is 0 Å². The van der Waals surface area contributed by atoms with Crippen LogP contribution >= 0.6 is 0 Å². The van der Waals surface area contributed by atoms with E-state index in [0.717, 1.165) is 5.69 Å². The fourth-order valence-electron chi connectivity index (χ4n) is 1.66. The number of hydrogen-bond donors (Lipinski definition) is 2. The first-order valence-corrected chi connectivity index (χ1v) is 6.25. The molecule has 1 heterocycles. The van der Waals surface area contributed by atoms with Crippen LogP contribution in [0.1, 0.15) is 43.7 Å². The van der Waals surface area contributed by atoms with Crippen molar-refractivity contribution in [1.29, 1.82) is 0 Å². The number of aromatic nitrogens is 1. The Morgan fingerprint density at radius 1 is 1.47 bits per heavy atom. The summed E-state index contributed by atoms with van der Waals surface area (Å²) in [5, 5.41) is 12.3. The third-order valence-electron chi connectivity index (χ3n) is 2.65. The van der Waals surface area contributed by atoms with E-state index in [1.807, 2.05) is 27.7 Å². The quantitative estimate of drug-likeness (QED) is 0.857. The van der Waals surface area contributed by atoms with Gasteiger partial charge in [-0.25, -0.2) is 9.78 Å². The lowest BCUT2D eigenvalue weighted by Crippen LogP contribution is -2.23. The number of aromatic carboxylic acids is 1. The maximum absolute atomic E-state index is 11.2. The Labute approximate surface area is 114 Å². The Bertz CT molecular complexity index is 452. The average molecular weight is 266 g/mol. The van der Waals surface area contributed by atoms with Crippen LogP contribution in [0.15, 0.2) is 12.1 Å². The van der Waals surface area contributed by atoms with Gasteiger partial charge in [-0.3, -0.25) is 0 Å². The average Bonchev–Trinajstić information content (AvgIpc) is 2.27. The van der Waals surface area contributed by atoms with Crippen molar-refractivity contribution in [1.82, 2.24) is 4.98 Å². The van der Waals surface area contributed by atoms with Crippen LogP contribution in [-0.4, -0.2) is 35.8 Å². The van der Waals surface area contributed by atoms with Crippen molar-refractivity contribution in [3.05, 3.63) is 23.4 Å². The lowest BCUT2D eigenvalue weighted by atomic mass is 9.90. The molecule has 0 aliphatic rings. The first kappa shape index (κ1) is 15.4. The van der Waals surface area contributed by atoms with Gasteiger partial charge < -0.3 is 15.2 Å². The summed E-state index contributed by atoms with van der Waals surface area (Å²) >= 11 is 0. The van der Waals surface area contributed by atoms with Crippen LogP contribution in [0.5, 0.6) is 0 Å². The number of rotatable bonds is 5. The van der Waals surface area contributed by atoms with Gasteiger partial charge >= 0.3 is 5.97 Å². The van der Waals surface area contributed by atoms with E-state index in [9.17, 15) is 4.79 Å². The molecule has 0 bridgehead atoms. The van der Waals surface area contributed by atoms with Crippen molar-refractivity contribution < 1.29 is 14.6 Å². The van der Waals surface area contributed by atoms with E-state index >= 15 is 0 Å². The predicted octanol–water partition coefficient (Wildman–Crippen LogP) is 2.52. The highest BCUT2D eigenvalue weighted by Crippen LogP contribution is 2.23. The number of ether oxygens (including phenoxy) is 1. The molecule has 0 aliphatic heterocycles. The number of nitrogens with zero attached hydrogens (tertiary/aromatic N) is 1. The van der Waals surface area contributed by atoms with Crippen LogP contribution in [0.25, 0.3) is 0 Å². The number of carboxylic acid groups (broad SMARTS) is 1. The van der Waals surface area contributed by atoms with Gasteiger partial charge in [0.05, 0.1) is 12.2 Å². The largest absolute Gasteiger partial charge is 0.478 e. The van der Waals surface area contributed by atoms with Crippen LogP contribution in [0.3, 0.4) is 0 Å². The molecule has 5 heteroatoms. The zero-order valence-corrected chi connectivity index (χ0v) is 12.2. The van der Waals surface area contributed by atoms with Gasteiger partial charge in [-0.15, -0.1) is 0 Å². The topological polar surface area (TPSA) is 71.5 Å². The number of pyridine rings is 1. The van der Waals surface area contributed by atoms with Crippen molar-refractivity contribution in [2.75, 3.05) is 19.0 Å². The Morgan fingerprint density at radius 2 is 2.11 bits per heavy atom. The first-order valence-electron chi connectivity index (χ1n) is 6.25. The van der Waals surface area contributed by atoms with E-state index in [4.69, 9.17) is 9.84 Å². The summed E-state index contributed by atoms with van der Waals surface area (Å²) in [6.45, 7) is 8.50. The zero-order valence-electron chi connectivity index (χ0n) is 12.2. The van der Waals surface area contributed by atoms with Crippen molar-refractivity contribution in [3.63, 3.8) is 0 Å². The molecule has 1 unspecified atom stereocenters. The number of carboxylic acids is 1. The standard InChI is InChI=1S/C14H22N2O3/c1-9(8-19-5)15-12-7-10(13(17)18)6-11(16-12)14(2,3)4/h6-7,9H,8H2,1-5H3,(H,15,16)(H,17,18). The molecular weight excluding hydrogens is 244 g/mol. The monoisotopic (exact) mass is 266 g/mol. The minimum absolute atomic E-state index is 0.0642. The SMILES string of the molecule is COCC(C)Nc1cc(C(=O)O)cc(C(C)(C)C)n1. The molecule has 1 aromatic rings. The van der Waals surface area contributed by atoms with Crippen LogP contribution < -0.4 is 5.32 Å². The zero-order chi connectivity index (χ0) is 14.6. The normalized spacial score (nSPS) is 13.1. The van der Waals surface area contributed by atoms with Gasteiger partial charge in [-0.05, 0) is 19.1 Å². The van der Waals surface area contributed by atoms with Crippen molar-refractivity contribution in [2.24, 2.45) is 0 Å². The van der Waals surface area contributed by atoms with Crippen LogP contribution in [-0.2, 0) is 10.2 Å². The highest BCUT2D eigenvalue weighted by Gasteiger charge is 2.19. The molecule has 1 rings (SSSR count). The lowest BCUT2D eigenvalue weighted by Gasteiger charge is -2.21. The van der Waals surface area contributed by atoms with Crippen LogP contribution in [0.4, 0.5) is 5.82 Å². The summed E-state index contributed by atoms with van der Waals surface area (Å²) in [6.07, 6.45) is 0. The molecule has 0 radical (unpaired) electrons. The summed E-state index contributed by atoms with van der Waals surface area (Å²) in [6, 6.07) is 3.23. The smallest absolute Gasteiger partial charge is 0.335 e. The number of anilines is 1. The second-order valence-corrected chi connectivity index (χ2v) is 5.68. The first-order chi connectivity index (χ1) is 8.74. The molecule has 2 N–H and O–H groups in total. The van der Waals surface area contributed by atoms with Gasteiger partial charge in [-0.2, -0.15) is 0 Å². The van der Waals surface area contributed by atoms with Gasteiger partial charge in [-0.1, -0.05) is 20.8 Å². The Hall–Kier alpha value is -1.62. The van der Waals surface area contributed by atoms with Gasteiger partial charge in [0.25, 0.3) is 0 Å². The Kier molecular flexibility index (Phi) is 4.89. The molecule has 19 heavy (non-hydrogen) atoms. The van der Waals surface area contributed by atoms with E-state index in [-0.39, 0.29) is 17.0 Å². The fourth-order valence-corrected chi connectivity index (χ4v) is 1.66. The summed E-state index contributed by atoms with van der Waals surface area (Å²) in [4.78, 5) is 15.6. The molecule has 1 atom stereocenters. The van der Waals surface area contributed by atoms with Gasteiger partial charge in [0.1, 0.15) is 5.82 Å². The molecule has 1 aromatic heterocycles. The molecule has 5 nitrogen and oxygen atoms in total. The molecule has 0 fully saturated rings. The maximum atomic E-state index is 11.2. The second-order valence-electron chi connectivity index (χ2n) is 5.68. The summed E-state index contributed by atoms with van der Waals surface area (Å²) in [5.41, 5.74) is 0.790. The Morgan fingerprint density at radius 3 is 2.58 bits per heavy atom. The summed E-state index contributed by atoms with van der Waals surface area (Å²) in [5.74, 6) is -0.385. The molecule has 106 valence electrons. The van der Waals surface area contributed by atoms with Crippen molar-refractivity contribution in [3.8, 4) is 0 Å². The highest BCUT2D eigenvalue weighted by atomic mass is 16.5. The summed E-state index contributed by atoms with van der Waals surface area (Å²) < 4.78 is 5.04. The van der Waals surface area contributed by atoms with E-state index in [1.54, 1.807) is 19.2 Å². The van der Waals surface area contributed by atoms with E-state index in [2.05, 4.69) is 10.3 Å². The second kappa shape index (κ2) is 6.02. The maximum Gasteiger partial charge on any atom is 0.335 e. The number of carbonyl (C=O) groups is 1. The third-order valence-corrected chi connectivity index (χ3v) is 2.65. The number of nitrogens with one attached hydrogen (secondary N) is 1. The minimum Gasteiger partial charge on any atom is -0.478 e. The molecule has 0 aliphatic carbocycles. The molecule has 0 amide bonds. The fraction of sp³-hybridized carbons (Fsp3) is 0.571. The van der Waals surface area contributed by atoms with Crippen molar-refractivity contribution in [2.45, 2.75) is 39.2 Å². The number of methoxy groups -OCH3 is 1. The molecule has 0 saturated heterocycles. The third kappa shape index (κ3) is 4.52. The molecular formula is C14H22N2O3. The van der Waals surface area contributed by atoms with E-state index in [0.29, 0.717) is 12.4 Å². The minimum atomic E-state index is -0.949. The van der Waals surface area contributed by atoms with Gasteiger partial charge in [0.2, 0.25) is 0 Å². The lowest BCUT2D eigenvalue weighted by molar-refractivity contribution is 0.0696. The van der Waals surface area contributed by atoms with Crippen molar-refractivity contribution >= 4 is 11.8 Å².